The molecule has 0 spiro atoms. The van der Waals surface area contributed by atoms with Crippen LogP contribution in [0.2, 0.25) is 0 Å². The van der Waals surface area contributed by atoms with Crippen molar-refractivity contribution in [1.82, 2.24) is 4.90 Å². The molecule has 0 aliphatic rings. The first-order valence-electron chi connectivity index (χ1n) is 4.39. The van der Waals surface area contributed by atoms with Gasteiger partial charge in [0.2, 0.25) is 0 Å². The van der Waals surface area contributed by atoms with Gasteiger partial charge in [0, 0.05) is 14.1 Å². The van der Waals surface area contributed by atoms with Crippen LogP contribution in [0.5, 0.6) is 0 Å². The number of benzene rings is 1. The Kier molecular flexibility index (Phi) is 3.28. The van der Waals surface area contributed by atoms with Gasteiger partial charge in [-0.25, -0.2) is 4.79 Å². The molecule has 0 aliphatic heterocycles. The molecule has 80 valence electrons. The summed E-state index contributed by atoms with van der Waals surface area (Å²) in [5.41, 5.74) is 5.88. The maximum absolute atomic E-state index is 11.3. The molecule has 0 aromatic heterocycles. The van der Waals surface area contributed by atoms with Crippen LogP contribution in [0.1, 0.15) is 10.4 Å². The van der Waals surface area contributed by atoms with E-state index >= 15 is 0 Å². The average molecular weight is 207 g/mol. The van der Waals surface area contributed by atoms with Crippen molar-refractivity contribution in [3.63, 3.8) is 0 Å². The van der Waals surface area contributed by atoms with E-state index in [-0.39, 0.29) is 6.03 Å². The molecule has 0 aliphatic carbocycles. The third-order valence-electron chi connectivity index (χ3n) is 1.84. The summed E-state index contributed by atoms with van der Waals surface area (Å²) in [5.74, 6) is -0.565. The lowest BCUT2D eigenvalue weighted by molar-refractivity contribution is 0.100. The maximum atomic E-state index is 11.3. The molecule has 15 heavy (non-hydrogen) atoms. The zero-order chi connectivity index (χ0) is 11.4. The minimum atomic E-state index is -0.565. The quantitative estimate of drug-likeness (QED) is 0.755. The van der Waals surface area contributed by atoms with Gasteiger partial charge in [0.1, 0.15) is 0 Å². The molecule has 0 unspecified atom stereocenters. The lowest BCUT2D eigenvalue weighted by Crippen LogP contribution is -2.28. The molecule has 0 fully saturated rings. The Balaban J connectivity index is 2.94. The van der Waals surface area contributed by atoms with Gasteiger partial charge in [-0.3, -0.25) is 4.79 Å². The Morgan fingerprint density at radius 2 is 1.87 bits per heavy atom. The highest BCUT2D eigenvalue weighted by Crippen LogP contribution is 2.14. The zero-order valence-corrected chi connectivity index (χ0v) is 8.65. The molecule has 0 saturated heterocycles. The minimum absolute atomic E-state index is 0.299. The zero-order valence-electron chi connectivity index (χ0n) is 8.65. The number of amides is 3. The first kappa shape index (κ1) is 11.0. The smallest absolute Gasteiger partial charge is 0.321 e. The molecule has 0 bridgehead atoms. The van der Waals surface area contributed by atoms with Crippen molar-refractivity contribution in [2.24, 2.45) is 5.73 Å². The number of carbonyl (C=O) groups is 2. The Morgan fingerprint density at radius 1 is 1.27 bits per heavy atom. The number of nitrogens with two attached hydrogens (primary N) is 1. The number of para-hydroxylation sites is 1. The van der Waals surface area contributed by atoms with Crippen molar-refractivity contribution in [1.29, 1.82) is 0 Å². The largest absolute Gasteiger partial charge is 0.366 e. The standard InChI is InChI=1S/C10H13N3O2/c1-13(2)10(15)12-8-6-4-3-5-7(8)9(11)14/h3-6H,1-2H3,(H2,11,14)(H,12,15). The van der Waals surface area contributed by atoms with Crippen molar-refractivity contribution < 1.29 is 9.59 Å². The maximum Gasteiger partial charge on any atom is 0.321 e. The highest BCUT2D eigenvalue weighted by molar-refractivity contribution is 6.02. The van der Waals surface area contributed by atoms with E-state index in [0.717, 1.165) is 0 Å². The highest BCUT2D eigenvalue weighted by atomic mass is 16.2. The molecule has 0 heterocycles. The van der Waals surface area contributed by atoms with Gasteiger partial charge in [0.25, 0.3) is 5.91 Å². The van der Waals surface area contributed by atoms with Gasteiger partial charge in [0.05, 0.1) is 11.3 Å². The van der Waals surface area contributed by atoms with E-state index in [1.165, 1.54) is 4.90 Å². The summed E-state index contributed by atoms with van der Waals surface area (Å²) in [6, 6.07) is 6.29. The van der Waals surface area contributed by atoms with Gasteiger partial charge in [-0.2, -0.15) is 0 Å². The summed E-state index contributed by atoms with van der Waals surface area (Å²) in [6.07, 6.45) is 0. The number of hydrogen-bond acceptors (Lipinski definition) is 2. The fourth-order valence-electron chi connectivity index (χ4n) is 1.03. The third-order valence-corrected chi connectivity index (χ3v) is 1.84. The van der Waals surface area contributed by atoms with Gasteiger partial charge < -0.3 is 16.0 Å². The van der Waals surface area contributed by atoms with Crippen LogP contribution in [0, 0.1) is 0 Å². The highest BCUT2D eigenvalue weighted by Gasteiger charge is 2.10. The molecule has 0 saturated carbocycles. The molecule has 0 atom stereocenters. The number of urea groups is 1. The Morgan fingerprint density at radius 3 is 2.40 bits per heavy atom. The number of hydrogen-bond donors (Lipinski definition) is 2. The number of primary amides is 1. The topological polar surface area (TPSA) is 75.4 Å². The first-order chi connectivity index (χ1) is 7.02. The minimum Gasteiger partial charge on any atom is -0.366 e. The molecule has 3 N–H and O–H groups in total. The van der Waals surface area contributed by atoms with E-state index in [0.29, 0.717) is 11.3 Å². The first-order valence-corrected chi connectivity index (χ1v) is 4.39. The molecule has 5 nitrogen and oxygen atoms in total. The number of rotatable bonds is 2. The second-order valence-corrected chi connectivity index (χ2v) is 3.23. The molecule has 1 aromatic carbocycles. The van der Waals surface area contributed by atoms with Crippen molar-refractivity contribution >= 4 is 17.6 Å². The number of nitrogens with one attached hydrogen (secondary N) is 1. The van der Waals surface area contributed by atoms with Gasteiger partial charge >= 0.3 is 6.03 Å². The Labute approximate surface area is 87.9 Å². The fourth-order valence-corrected chi connectivity index (χ4v) is 1.03. The SMILES string of the molecule is CN(C)C(=O)Nc1ccccc1C(N)=O. The average Bonchev–Trinajstić information content (AvgIpc) is 2.18. The molecule has 1 aromatic rings. The van der Waals surface area contributed by atoms with Crippen molar-refractivity contribution in [3.8, 4) is 0 Å². The van der Waals surface area contributed by atoms with Crippen molar-refractivity contribution in [2.75, 3.05) is 19.4 Å². The van der Waals surface area contributed by atoms with Crippen LogP contribution < -0.4 is 11.1 Å². The van der Waals surface area contributed by atoms with Crippen molar-refractivity contribution in [2.45, 2.75) is 0 Å². The summed E-state index contributed by atoms with van der Waals surface area (Å²) in [6.45, 7) is 0. The fraction of sp³-hybridized carbons (Fsp3) is 0.200. The predicted octanol–water partition coefficient (Wildman–Crippen LogP) is 0.879. The van der Waals surface area contributed by atoms with Crippen molar-refractivity contribution in [3.05, 3.63) is 29.8 Å². The van der Waals surface area contributed by atoms with Crippen LogP contribution in [0.15, 0.2) is 24.3 Å². The predicted molar refractivity (Wildman–Crippen MR) is 57.7 cm³/mol. The van der Waals surface area contributed by atoms with Gasteiger partial charge in [-0.05, 0) is 12.1 Å². The lowest BCUT2D eigenvalue weighted by Gasteiger charge is -2.13. The van der Waals surface area contributed by atoms with Crippen LogP contribution in [0.25, 0.3) is 0 Å². The summed E-state index contributed by atoms with van der Waals surface area (Å²) in [5, 5.41) is 2.58. The van der Waals surface area contributed by atoms with E-state index in [1.807, 2.05) is 0 Å². The van der Waals surface area contributed by atoms with Gasteiger partial charge in [0.15, 0.2) is 0 Å². The Bertz CT molecular complexity index is 388. The van der Waals surface area contributed by atoms with Crippen LogP contribution in [-0.4, -0.2) is 30.9 Å². The molecule has 0 radical (unpaired) electrons. The van der Waals surface area contributed by atoms with E-state index in [1.54, 1.807) is 38.4 Å². The number of nitrogens with zero attached hydrogens (tertiary/aromatic N) is 1. The molecular weight excluding hydrogens is 194 g/mol. The van der Waals surface area contributed by atoms with E-state index in [2.05, 4.69) is 5.32 Å². The Hall–Kier alpha value is -2.04. The van der Waals surface area contributed by atoms with Crippen LogP contribution >= 0.6 is 0 Å². The van der Waals surface area contributed by atoms with Crippen LogP contribution in [-0.2, 0) is 0 Å². The number of anilines is 1. The van der Waals surface area contributed by atoms with Crippen LogP contribution in [0.3, 0.4) is 0 Å². The lowest BCUT2D eigenvalue weighted by atomic mass is 10.1. The second kappa shape index (κ2) is 4.45. The van der Waals surface area contributed by atoms with Crippen LogP contribution in [0.4, 0.5) is 10.5 Å². The monoisotopic (exact) mass is 207 g/mol. The molecule has 3 amide bonds. The normalized spacial score (nSPS) is 9.47. The van der Waals surface area contributed by atoms with Gasteiger partial charge in [-0.15, -0.1) is 0 Å². The van der Waals surface area contributed by atoms with E-state index < -0.39 is 5.91 Å². The summed E-state index contributed by atoms with van der Waals surface area (Å²) in [7, 11) is 3.23. The molecular formula is C10H13N3O2. The number of carbonyl (C=O) groups excluding carboxylic acids is 2. The second-order valence-electron chi connectivity index (χ2n) is 3.23. The summed E-state index contributed by atoms with van der Waals surface area (Å²) in [4.78, 5) is 23.8. The van der Waals surface area contributed by atoms with Gasteiger partial charge in [-0.1, -0.05) is 12.1 Å². The third kappa shape index (κ3) is 2.70. The van der Waals surface area contributed by atoms with E-state index in [9.17, 15) is 9.59 Å². The summed E-state index contributed by atoms with van der Waals surface area (Å²) < 4.78 is 0. The molecule has 1 rings (SSSR count). The van der Waals surface area contributed by atoms with E-state index in [4.69, 9.17) is 5.73 Å². The molecule has 5 heteroatoms. The summed E-state index contributed by atoms with van der Waals surface area (Å²) >= 11 is 0.